The number of anilines is 1. The number of hydrogen-bond acceptors (Lipinski definition) is 2. The van der Waals surface area contributed by atoms with Crippen LogP contribution >= 0.6 is 0 Å². The lowest BCUT2D eigenvalue weighted by Gasteiger charge is -2.08. The second-order valence-electron chi connectivity index (χ2n) is 3.71. The van der Waals surface area contributed by atoms with E-state index in [2.05, 4.69) is 13.8 Å². The summed E-state index contributed by atoms with van der Waals surface area (Å²) in [4.78, 5) is 10.4. The van der Waals surface area contributed by atoms with Gasteiger partial charge in [-0.3, -0.25) is 0 Å². The van der Waals surface area contributed by atoms with Crippen molar-refractivity contribution in [1.29, 1.82) is 0 Å². The Morgan fingerprint density at radius 3 is 2.67 bits per heavy atom. The first-order valence-corrected chi connectivity index (χ1v) is 4.81. The monoisotopic (exact) mass is 205 g/mol. The Hall–Kier alpha value is -1.77. The van der Waals surface area contributed by atoms with Gasteiger partial charge in [-0.15, -0.1) is 0 Å². The van der Waals surface area contributed by atoms with Crippen LogP contribution in [0.2, 0.25) is 0 Å². The number of rotatable bonds is 3. The van der Waals surface area contributed by atoms with E-state index in [1.807, 2.05) is 12.1 Å². The molecule has 0 radical (unpaired) electrons. The first kappa shape index (κ1) is 11.3. The van der Waals surface area contributed by atoms with Gasteiger partial charge >= 0.3 is 5.97 Å². The average molecular weight is 205 g/mol. The fourth-order valence-corrected chi connectivity index (χ4v) is 1.26. The lowest BCUT2D eigenvalue weighted by molar-refractivity contribution is -0.131. The minimum absolute atomic E-state index is 0.405. The molecule has 0 aliphatic heterocycles. The van der Waals surface area contributed by atoms with Crippen LogP contribution in [-0.4, -0.2) is 11.1 Å². The maximum Gasteiger partial charge on any atom is 0.328 e. The predicted molar refractivity (Wildman–Crippen MR) is 61.6 cm³/mol. The first-order chi connectivity index (χ1) is 7.00. The minimum atomic E-state index is -0.968. The Labute approximate surface area is 89.2 Å². The molecule has 1 aromatic rings. The van der Waals surface area contributed by atoms with Crippen LogP contribution in [0.15, 0.2) is 24.3 Å². The Morgan fingerprint density at radius 2 is 2.13 bits per heavy atom. The van der Waals surface area contributed by atoms with Crippen LogP contribution in [0.5, 0.6) is 0 Å². The third-order valence-electron chi connectivity index (χ3n) is 2.18. The van der Waals surface area contributed by atoms with Gasteiger partial charge < -0.3 is 10.8 Å². The third-order valence-corrected chi connectivity index (χ3v) is 2.18. The SMILES string of the molecule is CC(C)c1ccc(N)c(/C=C/C(=O)O)c1. The second kappa shape index (κ2) is 4.64. The van der Waals surface area contributed by atoms with Crippen LogP contribution in [0, 0.1) is 0 Å². The molecule has 0 heterocycles. The van der Waals surface area contributed by atoms with Gasteiger partial charge in [0, 0.05) is 11.8 Å². The smallest absolute Gasteiger partial charge is 0.328 e. The second-order valence-corrected chi connectivity index (χ2v) is 3.71. The topological polar surface area (TPSA) is 63.3 Å². The van der Waals surface area contributed by atoms with Crippen LogP contribution < -0.4 is 5.73 Å². The summed E-state index contributed by atoms with van der Waals surface area (Å²) in [6.07, 6.45) is 2.61. The Kier molecular flexibility index (Phi) is 3.50. The molecule has 0 amide bonds. The highest BCUT2D eigenvalue weighted by atomic mass is 16.4. The molecule has 0 saturated carbocycles. The molecular formula is C12H15NO2. The maximum atomic E-state index is 10.4. The van der Waals surface area contributed by atoms with E-state index >= 15 is 0 Å². The lowest BCUT2D eigenvalue weighted by atomic mass is 9.99. The fourth-order valence-electron chi connectivity index (χ4n) is 1.26. The highest BCUT2D eigenvalue weighted by molar-refractivity contribution is 5.86. The Balaban J connectivity index is 3.05. The fraction of sp³-hybridized carbons (Fsp3) is 0.250. The largest absolute Gasteiger partial charge is 0.478 e. The van der Waals surface area contributed by atoms with Gasteiger partial charge in [0.2, 0.25) is 0 Å². The molecule has 0 spiro atoms. The van der Waals surface area contributed by atoms with Crippen molar-refractivity contribution in [3.8, 4) is 0 Å². The van der Waals surface area contributed by atoms with Crippen molar-refractivity contribution in [2.45, 2.75) is 19.8 Å². The highest BCUT2D eigenvalue weighted by Gasteiger charge is 2.02. The van der Waals surface area contributed by atoms with E-state index < -0.39 is 5.97 Å². The molecule has 1 rings (SSSR count). The molecule has 15 heavy (non-hydrogen) atoms. The summed E-state index contributed by atoms with van der Waals surface area (Å²) in [5.41, 5.74) is 8.23. The molecule has 1 aromatic carbocycles. The molecule has 0 fully saturated rings. The molecule has 3 heteroatoms. The van der Waals surface area contributed by atoms with E-state index in [0.29, 0.717) is 11.6 Å². The van der Waals surface area contributed by atoms with Gasteiger partial charge in [-0.2, -0.15) is 0 Å². The first-order valence-electron chi connectivity index (χ1n) is 4.81. The third kappa shape index (κ3) is 3.13. The summed E-state index contributed by atoms with van der Waals surface area (Å²) in [5, 5.41) is 8.52. The van der Waals surface area contributed by atoms with Gasteiger partial charge in [0.05, 0.1) is 0 Å². The molecule has 0 unspecified atom stereocenters. The molecule has 0 bridgehead atoms. The Bertz CT molecular complexity index is 395. The molecule has 0 aliphatic carbocycles. The normalized spacial score (nSPS) is 11.1. The summed E-state index contributed by atoms with van der Waals surface area (Å²) in [7, 11) is 0. The van der Waals surface area contributed by atoms with Crippen molar-refractivity contribution in [2.75, 3.05) is 5.73 Å². The van der Waals surface area contributed by atoms with E-state index in [0.717, 1.165) is 17.2 Å². The predicted octanol–water partition coefficient (Wildman–Crippen LogP) is 2.49. The van der Waals surface area contributed by atoms with Gasteiger partial charge in [0.1, 0.15) is 0 Å². The zero-order valence-corrected chi connectivity index (χ0v) is 8.90. The van der Waals surface area contributed by atoms with Crippen LogP contribution in [0.3, 0.4) is 0 Å². The van der Waals surface area contributed by atoms with Crippen LogP contribution in [0.25, 0.3) is 6.08 Å². The highest BCUT2D eigenvalue weighted by Crippen LogP contribution is 2.21. The molecule has 80 valence electrons. The van der Waals surface area contributed by atoms with Crippen molar-refractivity contribution in [3.63, 3.8) is 0 Å². The zero-order chi connectivity index (χ0) is 11.4. The van der Waals surface area contributed by atoms with Gasteiger partial charge in [-0.05, 0) is 35.3 Å². The summed E-state index contributed by atoms with van der Waals surface area (Å²) in [6.45, 7) is 4.16. The van der Waals surface area contributed by atoms with Crippen molar-refractivity contribution in [1.82, 2.24) is 0 Å². The number of nitrogens with two attached hydrogens (primary N) is 1. The van der Waals surface area contributed by atoms with E-state index in [-0.39, 0.29) is 0 Å². The summed E-state index contributed by atoms with van der Waals surface area (Å²) in [6, 6.07) is 5.68. The van der Waals surface area contributed by atoms with E-state index in [4.69, 9.17) is 10.8 Å². The van der Waals surface area contributed by atoms with E-state index in [9.17, 15) is 4.79 Å². The van der Waals surface area contributed by atoms with E-state index in [1.165, 1.54) is 6.08 Å². The number of carboxylic acids is 1. The van der Waals surface area contributed by atoms with E-state index in [1.54, 1.807) is 6.07 Å². The van der Waals surface area contributed by atoms with Gasteiger partial charge in [0.15, 0.2) is 0 Å². The quantitative estimate of drug-likeness (QED) is 0.588. The summed E-state index contributed by atoms with van der Waals surface area (Å²) < 4.78 is 0. The van der Waals surface area contributed by atoms with Gasteiger partial charge in [-0.1, -0.05) is 19.9 Å². The van der Waals surface area contributed by atoms with Gasteiger partial charge in [0.25, 0.3) is 0 Å². The standard InChI is InChI=1S/C12H15NO2/c1-8(2)9-3-5-11(13)10(7-9)4-6-12(14)15/h3-8H,13H2,1-2H3,(H,14,15)/b6-4+. The maximum absolute atomic E-state index is 10.4. The molecule has 3 N–H and O–H groups in total. The van der Waals surface area contributed by atoms with Crippen molar-refractivity contribution < 1.29 is 9.90 Å². The van der Waals surface area contributed by atoms with Crippen molar-refractivity contribution >= 4 is 17.7 Å². The van der Waals surface area contributed by atoms with Crippen LogP contribution in [-0.2, 0) is 4.79 Å². The molecule has 0 atom stereocenters. The molecule has 0 aromatic heterocycles. The lowest BCUT2D eigenvalue weighted by Crippen LogP contribution is -1.94. The van der Waals surface area contributed by atoms with Crippen LogP contribution in [0.1, 0.15) is 30.9 Å². The van der Waals surface area contributed by atoms with Crippen molar-refractivity contribution in [3.05, 3.63) is 35.4 Å². The zero-order valence-electron chi connectivity index (χ0n) is 8.90. The summed E-state index contributed by atoms with van der Waals surface area (Å²) in [5.74, 6) is -0.563. The molecule has 3 nitrogen and oxygen atoms in total. The Morgan fingerprint density at radius 1 is 1.47 bits per heavy atom. The number of hydrogen-bond donors (Lipinski definition) is 2. The number of carboxylic acid groups (broad SMARTS) is 1. The van der Waals surface area contributed by atoms with Gasteiger partial charge in [-0.25, -0.2) is 4.79 Å². The number of aliphatic carboxylic acids is 1. The van der Waals surface area contributed by atoms with Crippen molar-refractivity contribution in [2.24, 2.45) is 0 Å². The minimum Gasteiger partial charge on any atom is -0.478 e. The molecule has 0 aliphatic rings. The van der Waals surface area contributed by atoms with Crippen LogP contribution in [0.4, 0.5) is 5.69 Å². The summed E-state index contributed by atoms with van der Waals surface area (Å²) >= 11 is 0. The number of nitrogen functional groups attached to an aromatic ring is 1. The molecule has 0 saturated heterocycles. The number of benzene rings is 1. The molecular weight excluding hydrogens is 190 g/mol. The average Bonchev–Trinajstić information content (AvgIpc) is 2.16. The number of carbonyl (C=O) groups is 1.